The number of sulfonamides is 1. The third kappa shape index (κ3) is 8.33. The fraction of sp³-hybridized carbons (Fsp3) is 0.400. The molecule has 10 nitrogen and oxygen atoms in total. The van der Waals surface area contributed by atoms with E-state index in [-0.39, 0.29) is 50.6 Å². The van der Waals surface area contributed by atoms with Crippen molar-refractivity contribution in [3.8, 4) is 17.2 Å². The molecule has 5 rings (SSSR count). The summed E-state index contributed by atoms with van der Waals surface area (Å²) in [5.41, 5.74) is 1.64. The minimum atomic E-state index is -4.17. The fourth-order valence-corrected chi connectivity index (χ4v) is 8.52. The second kappa shape index (κ2) is 15.3. The Kier molecular flexibility index (Phi) is 12.0. The van der Waals surface area contributed by atoms with Crippen molar-refractivity contribution in [3.05, 3.63) is 75.5 Å². The summed E-state index contributed by atoms with van der Waals surface area (Å²) in [6, 6.07) is 8.97. The van der Waals surface area contributed by atoms with Crippen LogP contribution < -0.4 is 19.2 Å². The van der Waals surface area contributed by atoms with Crippen molar-refractivity contribution in [2.45, 2.75) is 49.2 Å². The standard InChI is InChI=1S/C30H30Cl2F2N2O7S2.H2O/c1-17-3-8-27(26(11-17)40-2)45(38,39)36-9-10-44-28(36)29(37)42-24(13-20-21(31)14-35-15-22(20)32)19-6-7-23(43-30(33)34)25(12-19)41-16-18-4-5-18;/h3,6-8,11-12,14-15,18,24,28,30H,4-5,9-10,13,16H2,1-2H3;1H2/t24-,28-;/m0./s1. The van der Waals surface area contributed by atoms with Gasteiger partial charge in [-0.25, -0.2) is 18.2 Å². The molecule has 2 heterocycles. The lowest BCUT2D eigenvalue weighted by atomic mass is 10.0. The van der Waals surface area contributed by atoms with Gasteiger partial charge in [0.2, 0.25) is 10.0 Å². The Bertz CT molecular complexity index is 1640. The maximum absolute atomic E-state index is 13.8. The molecule has 1 aliphatic heterocycles. The molecular formula is C30H32Cl2F2N2O8S2. The van der Waals surface area contributed by atoms with Crippen LogP contribution in [0.5, 0.6) is 17.2 Å². The van der Waals surface area contributed by atoms with Crippen molar-refractivity contribution >= 4 is 51.0 Å². The van der Waals surface area contributed by atoms with Crippen LogP contribution in [0.15, 0.2) is 53.7 Å². The number of carbonyl (C=O) groups excluding carboxylic acids is 1. The third-order valence-electron chi connectivity index (χ3n) is 7.33. The van der Waals surface area contributed by atoms with Crippen molar-refractivity contribution in [2.24, 2.45) is 5.92 Å². The quantitative estimate of drug-likeness (QED) is 0.197. The molecule has 0 bridgehead atoms. The lowest BCUT2D eigenvalue weighted by Gasteiger charge is -2.26. The molecule has 0 unspecified atom stereocenters. The van der Waals surface area contributed by atoms with Crippen molar-refractivity contribution in [3.63, 3.8) is 0 Å². The normalized spacial score (nSPS) is 17.3. The van der Waals surface area contributed by atoms with Gasteiger partial charge in [-0.15, -0.1) is 11.8 Å². The number of nitrogens with zero attached hydrogens (tertiary/aromatic N) is 1. The van der Waals surface area contributed by atoms with E-state index in [9.17, 15) is 22.0 Å². The largest absolute Gasteiger partial charge is 0.870 e. The van der Waals surface area contributed by atoms with Gasteiger partial charge in [0.15, 0.2) is 29.3 Å². The molecule has 250 valence electrons. The molecule has 2 aromatic carbocycles. The van der Waals surface area contributed by atoms with Crippen LogP contribution in [0.25, 0.3) is 0 Å². The van der Waals surface area contributed by atoms with Gasteiger partial charge in [-0.3, -0.25) is 0 Å². The average Bonchev–Trinajstić information content (AvgIpc) is 3.69. The van der Waals surface area contributed by atoms with Gasteiger partial charge in [-0.1, -0.05) is 35.3 Å². The minimum Gasteiger partial charge on any atom is -0.870 e. The molecule has 0 amide bonds. The van der Waals surface area contributed by atoms with E-state index in [0.717, 1.165) is 34.5 Å². The summed E-state index contributed by atoms with van der Waals surface area (Å²) >= 11 is 14.0. The van der Waals surface area contributed by atoms with Gasteiger partial charge in [0, 0.05) is 24.3 Å². The monoisotopic (exact) mass is 720 g/mol. The van der Waals surface area contributed by atoms with Crippen molar-refractivity contribution in [2.75, 3.05) is 26.0 Å². The summed E-state index contributed by atoms with van der Waals surface area (Å²) in [7, 11) is -2.79. The maximum atomic E-state index is 13.8. The minimum absolute atomic E-state index is 0. The first-order chi connectivity index (χ1) is 21.5. The number of alkyl halides is 2. The van der Waals surface area contributed by atoms with Gasteiger partial charge in [-0.2, -0.15) is 13.1 Å². The molecule has 3 aromatic rings. The zero-order chi connectivity index (χ0) is 32.3. The van der Waals surface area contributed by atoms with E-state index in [4.69, 9.17) is 37.4 Å². The number of carbonyl (C=O) groups is 1. The molecule has 16 heteroatoms. The van der Waals surface area contributed by atoms with E-state index in [1.54, 1.807) is 12.1 Å². The molecule has 0 radical (unpaired) electrons. The number of esters is 1. The summed E-state index contributed by atoms with van der Waals surface area (Å²) in [6.45, 7) is -0.888. The number of rotatable bonds is 13. The number of hydrogen-bond acceptors (Lipinski definition) is 9. The van der Waals surface area contributed by atoms with E-state index in [1.165, 1.54) is 43.8 Å². The van der Waals surface area contributed by atoms with Gasteiger partial charge >= 0.3 is 12.6 Å². The van der Waals surface area contributed by atoms with Crippen LogP contribution in [0.3, 0.4) is 0 Å². The Hall–Kier alpha value is -2.88. The highest BCUT2D eigenvalue weighted by Gasteiger charge is 2.43. The number of methoxy groups -OCH3 is 1. The first-order valence-corrected chi connectivity index (χ1v) is 17.3. The number of ether oxygens (including phenoxy) is 4. The van der Waals surface area contributed by atoms with Gasteiger partial charge < -0.3 is 24.4 Å². The molecule has 46 heavy (non-hydrogen) atoms. The zero-order valence-corrected chi connectivity index (χ0v) is 27.9. The molecule has 2 atom stereocenters. The molecule has 1 aromatic heterocycles. The second-order valence-electron chi connectivity index (χ2n) is 10.6. The number of aromatic amines is 1. The molecule has 1 saturated carbocycles. The summed E-state index contributed by atoms with van der Waals surface area (Å²) in [4.78, 5) is 16.5. The van der Waals surface area contributed by atoms with Crippen LogP contribution in [0.4, 0.5) is 8.78 Å². The molecule has 2 fully saturated rings. The predicted molar refractivity (Wildman–Crippen MR) is 167 cm³/mol. The lowest BCUT2D eigenvalue weighted by Crippen LogP contribution is -2.40. The number of H-pyrrole nitrogens is 1. The number of benzene rings is 2. The average molecular weight is 722 g/mol. The number of pyridine rings is 1. The highest BCUT2D eigenvalue weighted by Crippen LogP contribution is 2.40. The SMILES string of the molecule is COc1cc(C)ccc1S(=O)(=O)N1CCS[C@H]1C(=O)O[C@@H](Cc1c(Cl)c[nH+]cc1Cl)c1ccc(OC(F)F)c(OCC2CC2)c1.[OH-]. The van der Waals surface area contributed by atoms with E-state index in [1.807, 2.05) is 6.92 Å². The van der Waals surface area contributed by atoms with E-state index in [0.29, 0.717) is 29.4 Å². The summed E-state index contributed by atoms with van der Waals surface area (Å²) in [6.07, 6.45) is 3.91. The van der Waals surface area contributed by atoms with Crippen LogP contribution in [0, 0.1) is 12.8 Å². The van der Waals surface area contributed by atoms with E-state index in [2.05, 4.69) is 9.72 Å². The van der Waals surface area contributed by atoms with Gasteiger partial charge in [-0.05, 0) is 61.1 Å². The molecule has 1 saturated heterocycles. The number of aromatic nitrogens is 1. The zero-order valence-electron chi connectivity index (χ0n) is 24.8. The van der Waals surface area contributed by atoms with Crippen molar-refractivity contribution in [1.82, 2.24) is 4.31 Å². The number of thioether (sulfide) groups is 1. The topological polar surface area (TPSA) is 136 Å². The Balaban J connectivity index is 0.00000480. The van der Waals surface area contributed by atoms with Gasteiger partial charge in [0.1, 0.15) is 26.8 Å². The Labute approximate surface area is 279 Å². The Morgan fingerprint density at radius 1 is 1.09 bits per heavy atom. The fourth-order valence-electron chi connectivity index (χ4n) is 4.81. The molecule has 2 aliphatic rings. The maximum Gasteiger partial charge on any atom is 0.387 e. The van der Waals surface area contributed by atoms with Crippen LogP contribution in [0.2, 0.25) is 10.0 Å². The smallest absolute Gasteiger partial charge is 0.387 e. The van der Waals surface area contributed by atoms with Crippen LogP contribution >= 0.6 is 35.0 Å². The Morgan fingerprint density at radius 3 is 2.46 bits per heavy atom. The first-order valence-electron chi connectivity index (χ1n) is 14.0. The molecular weight excluding hydrogens is 689 g/mol. The second-order valence-corrected chi connectivity index (χ2v) is 14.5. The summed E-state index contributed by atoms with van der Waals surface area (Å²) in [5.74, 6) is -0.0970. The highest BCUT2D eigenvalue weighted by atomic mass is 35.5. The number of aryl methyl sites for hydroxylation is 1. The number of nitrogens with one attached hydrogen (secondary N) is 1. The van der Waals surface area contributed by atoms with E-state index < -0.39 is 34.1 Å². The van der Waals surface area contributed by atoms with Crippen molar-refractivity contribution in [1.29, 1.82) is 0 Å². The van der Waals surface area contributed by atoms with Crippen molar-refractivity contribution < 1.29 is 51.4 Å². The van der Waals surface area contributed by atoms with Crippen LogP contribution in [-0.2, 0) is 26.0 Å². The highest BCUT2D eigenvalue weighted by molar-refractivity contribution is 8.02. The summed E-state index contributed by atoms with van der Waals surface area (Å²) in [5, 5.41) is -0.653. The van der Waals surface area contributed by atoms with Gasteiger partial charge in [0.05, 0.1) is 13.7 Å². The molecule has 0 spiro atoms. The first kappa shape index (κ1) is 36.0. The summed E-state index contributed by atoms with van der Waals surface area (Å²) < 4.78 is 76.8. The molecule has 1 aliphatic carbocycles. The van der Waals surface area contributed by atoms with Crippen LogP contribution in [-0.4, -0.2) is 62.2 Å². The number of hydrogen-bond donors (Lipinski definition) is 0. The molecule has 2 N–H and O–H groups in total. The van der Waals surface area contributed by atoms with Gasteiger partial charge in [0.25, 0.3) is 0 Å². The lowest BCUT2D eigenvalue weighted by molar-refractivity contribution is -0.377. The number of halogens is 4. The Morgan fingerprint density at radius 2 is 1.80 bits per heavy atom. The third-order valence-corrected chi connectivity index (χ3v) is 11.2. The predicted octanol–water partition coefficient (Wildman–Crippen LogP) is 5.93. The van der Waals surface area contributed by atoms with E-state index >= 15 is 0 Å². The van der Waals surface area contributed by atoms with Crippen LogP contribution in [0.1, 0.15) is 35.6 Å².